The van der Waals surface area contributed by atoms with Gasteiger partial charge >= 0.3 is 0 Å². The van der Waals surface area contributed by atoms with Gasteiger partial charge in [-0.25, -0.2) is 8.42 Å². The zero-order valence-electron chi connectivity index (χ0n) is 15.8. The Balaban J connectivity index is 1.61. The van der Waals surface area contributed by atoms with E-state index in [1.165, 1.54) is 4.31 Å². The van der Waals surface area contributed by atoms with Crippen LogP contribution in [0.5, 0.6) is 0 Å². The molecule has 0 atom stereocenters. The second kappa shape index (κ2) is 7.20. The Labute approximate surface area is 164 Å². The summed E-state index contributed by atoms with van der Waals surface area (Å²) in [5.41, 5.74) is 0.297. The molecule has 28 heavy (non-hydrogen) atoms. The van der Waals surface area contributed by atoms with Gasteiger partial charge in [-0.1, -0.05) is 30.5 Å². The van der Waals surface area contributed by atoms with Gasteiger partial charge < -0.3 is 9.84 Å². The fourth-order valence-electron chi connectivity index (χ4n) is 4.07. The molecular formula is C19H24N4O4S. The lowest BCUT2D eigenvalue weighted by Gasteiger charge is -2.35. The van der Waals surface area contributed by atoms with Crippen molar-refractivity contribution in [2.45, 2.75) is 51.0 Å². The molecule has 0 radical (unpaired) electrons. The van der Waals surface area contributed by atoms with Crippen LogP contribution in [0, 0.1) is 6.92 Å². The molecule has 1 saturated heterocycles. The van der Waals surface area contributed by atoms with Gasteiger partial charge in [0.25, 0.3) is 5.91 Å². The first kappa shape index (κ1) is 18.9. The summed E-state index contributed by atoms with van der Waals surface area (Å²) in [5, 5.41) is 7.19. The number of hydrogen-bond donors (Lipinski definition) is 1. The number of rotatable bonds is 4. The van der Waals surface area contributed by atoms with Crippen molar-refractivity contribution in [3.05, 3.63) is 41.5 Å². The van der Waals surface area contributed by atoms with E-state index in [2.05, 4.69) is 15.5 Å². The smallest absolute Gasteiger partial charge is 0.252 e. The maximum Gasteiger partial charge on any atom is 0.252 e. The van der Waals surface area contributed by atoms with Crippen molar-refractivity contribution in [3.63, 3.8) is 0 Å². The molecule has 1 aromatic carbocycles. The zero-order valence-corrected chi connectivity index (χ0v) is 16.7. The van der Waals surface area contributed by atoms with E-state index >= 15 is 0 Å². The summed E-state index contributed by atoms with van der Waals surface area (Å²) in [6.07, 6.45) is 5.14. The Morgan fingerprint density at radius 3 is 2.64 bits per heavy atom. The van der Waals surface area contributed by atoms with Gasteiger partial charge in [0.05, 0.1) is 11.4 Å². The van der Waals surface area contributed by atoms with E-state index in [-0.39, 0.29) is 11.7 Å². The van der Waals surface area contributed by atoms with E-state index in [1.54, 1.807) is 31.2 Å². The Kier molecular flexibility index (Phi) is 4.86. The summed E-state index contributed by atoms with van der Waals surface area (Å²) < 4.78 is 30.9. The van der Waals surface area contributed by atoms with Crippen molar-refractivity contribution < 1.29 is 17.7 Å². The normalized spacial score (nSPS) is 20.8. The minimum atomic E-state index is -3.29. The SMILES string of the molecule is Cc1nc(C2(NC(=O)c3cccc(N4CCCS4(=O)=O)c3)CCCCC2)no1. The zero-order chi connectivity index (χ0) is 19.8. The summed E-state index contributed by atoms with van der Waals surface area (Å²) >= 11 is 0. The van der Waals surface area contributed by atoms with Crippen molar-refractivity contribution in [1.29, 1.82) is 0 Å². The highest BCUT2D eigenvalue weighted by molar-refractivity contribution is 7.93. The van der Waals surface area contributed by atoms with Crippen LogP contribution in [-0.2, 0) is 15.6 Å². The second-order valence-corrected chi connectivity index (χ2v) is 9.54. The third-order valence-corrected chi connectivity index (χ3v) is 7.38. The van der Waals surface area contributed by atoms with E-state index in [0.717, 1.165) is 32.1 Å². The minimum Gasteiger partial charge on any atom is -0.340 e. The fraction of sp³-hybridized carbons (Fsp3) is 0.526. The highest BCUT2D eigenvalue weighted by Crippen LogP contribution is 2.36. The molecule has 8 nitrogen and oxygen atoms in total. The maximum absolute atomic E-state index is 13.1. The number of sulfonamides is 1. The molecule has 1 aliphatic heterocycles. The fourth-order valence-corrected chi connectivity index (χ4v) is 5.63. The molecule has 2 heterocycles. The minimum absolute atomic E-state index is 0.143. The Morgan fingerprint density at radius 2 is 2.00 bits per heavy atom. The number of aromatic nitrogens is 2. The van der Waals surface area contributed by atoms with Gasteiger partial charge in [-0.05, 0) is 37.5 Å². The first-order valence-electron chi connectivity index (χ1n) is 9.63. The van der Waals surface area contributed by atoms with Gasteiger partial charge in [-0.3, -0.25) is 9.10 Å². The van der Waals surface area contributed by atoms with Crippen molar-refractivity contribution in [2.75, 3.05) is 16.6 Å². The predicted octanol–water partition coefficient (Wildman–Crippen LogP) is 2.51. The summed E-state index contributed by atoms with van der Waals surface area (Å²) in [4.78, 5) is 17.4. The number of carbonyl (C=O) groups excluding carboxylic acids is 1. The Morgan fingerprint density at radius 1 is 1.21 bits per heavy atom. The molecule has 0 bridgehead atoms. The summed E-state index contributed by atoms with van der Waals surface area (Å²) in [5.74, 6) is 0.860. The van der Waals surface area contributed by atoms with Gasteiger partial charge in [0.1, 0.15) is 5.54 Å². The molecule has 2 aliphatic rings. The molecule has 2 fully saturated rings. The number of aryl methyl sites for hydroxylation is 1. The van der Waals surface area contributed by atoms with Crippen LogP contribution in [0.1, 0.15) is 60.6 Å². The van der Waals surface area contributed by atoms with E-state index < -0.39 is 15.6 Å². The molecule has 1 aliphatic carbocycles. The van der Waals surface area contributed by atoms with Gasteiger partial charge in [0, 0.05) is 19.0 Å². The molecule has 0 unspecified atom stereocenters. The molecule has 9 heteroatoms. The van der Waals surface area contributed by atoms with E-state index in [1.807, 2.05) is 0 Å². The van der Waals surface area contributed by atoms with Crippen LogP contribution < -0.4 is 9.62 Å². The van der Waals surface area contributed by atoms with Crippen LogP contribution in [-0.4, -0.2) is 36.8 Å². The lowest BCUT2D eigenvalue weighted by Crippen LogP contribution is -2.48. The first-order valence-corrected chi connectivity index (χ1v) is 11.2. The van der Waals surface area contributed by atoms with Crippen LogP contribution >= 0.6 is 0 Å². The Hall–Kier alpha value is -2.42. The number of anilines is 1. The number of nitrogens with zero attached hydrogens (tertiary/aromatic N) is 3. The largest absolute Gasteiger partial charge is 0.340 e. The third kappa shape index (κ3) is 3.50. The van der Waals surface area contributed by atoms with Gasteiger partial charge in [-0.15, -0.1) is 0 Å². The standard InChI is InChI=1S/C19H24N4O4S/c1-14-20-18(22-27-14)19(9-3-2-4-10-19)21-17(24)15-7-5-8-16(13-15)23-11-6-12-28(23,25)26/h5,7-8,13H,2-4,6,9-12H2,1H3,(H,21,24). The number of carbonyl (C=O) groups is 1. The van der Waals surface area contributed by atoms with Crippen LogP contribution in [0.25, 0.3) is 0 Å². The second-order valence-electron chi connectivity index (χ2n) is 7.53. The molecule has 1 saturated carbocycles. The number of benzene rings is 1. The molecule has 4 rings (SSSR count). The van der Waals surface area contributed by atoms with Crippen LogP contribution in [0.3, 0.4) is 0 Å². The molecular weight excluding hydrogens is 380 g/mol. The average Bonchev–Trinajstić information content (AvgIpc) is 3.28. The number of hydrogen-bond acceptors (Lipinski definition) is 6. The highest BCUT2D eigenvalue weighted by atomic mass is 32.2. The summed E-state index contributed by atoms with van der Waals surface area (Å²) in [6, 6.07) is 6.76. The average molecular weight is 404 g/mol. The number of amides is 1. The molecule has 1 N–H and O–H groups in total. The van der Waals surface area contributed by atoms with Gasteiger partial charge in [-0.2, -0.15) is 4.98 Å². The van der Waals surface area contributed by atoms with Crippen molar-refractivity contribution in [2.24, 2.45) is 0 Å². The summed E-state index contributed by atoms with van der Waals surface area (Å²) in [7, 11) is -3.29. The lowest BCUT2D eigenvalue weighted by atomic mass is 9.80. The van der Waals surface area contributed by atoms with Crippen LogP contribution in [0.4, 0.5) is 5.69 Å². The topological polar surface area (TPSA) is 105 Å². The lowest BCUT2D eigenvalue weighted by molar-refractivity contribution is 0.0855. The molecule has 2 aromatic rings. The molecule has 1 aromatic heterocycles. The highest BCUT2D eigenvalue weighted by Gasteiger charge is 2.40. The van der Waals surface area contributed by atoms with Crippen molar-refractivity contribution in [3.8, 4) is 0 Å². The molecule has 0 spiro atoms. The first-order chi connectivity index (χ1) is 13.4. The quantitative estimate of drug-likeness (QED) is 0.839. The monoisotopic (exact) mass is 404 g/mol. The molecule has 1 amide bonds. The molecule has 150 valence electrons. The van der Waals surface area contributed by atoms with E-state index in [9.17, 15) is 13.2 Å². The van der Waals surface area contributed by atoms with Crippen LogP contribution in [0.15, 0.2) is 28.8 Å². The predicted molar refractivity (Wildman–Crippen MR) is 103 cm³/mol. The van der Waals surface area contributed by atoms with Gasteiger partial charge in [0.2, 0.25) is 15.9 Å². The van der Waals surface area contributed by atoms with Crippen molar-refractivity contribution >= 4 is 21.6 Å². The van der Waals surface area contributed by atoms with Gasteiger partial charge in [0.15, 0.2) is 5.82 Å². The van der Waals surface area contributed by atoms with Crippen molar-refractivity contribution in [1.82, 2.24) is 15.5 Å². The van der Waals surface area contributed by atoms with Crippen LogP contribution in [0.2, 0.25) is 0 Å². The number of nitrogens with one attached hydrogen (secondary N) is 1. The maximum atomic E-state index is 13.1. The Bertz CT molecular complexity index is 979. The van der Waals surface area contributed by atoms with E-state index in [4.69, 9.17) is 4.52 Å². The third-order valence-electron chi connectivity index (χ3n) is 5.51. The van der Waals surface area contributed by atoms with E-state index in [0.29, 0.717) is 35.9 Å². The summed E-state index contributed by atoms with van der Waals surface area (Å²) in [6.45, 7) is 2.17.